The summed E-state index contributed by atoms with van der Waals surface area (Å²) in [5.41, 5.74) is 10.6. The van der Waals surface area contributed by atoms with Gasteiger partial charge in [-0.2, -0.15) is 0 Å². The van der Waals surface area contributed by atoms with Crippen LogP contribution in [0.4, 0.5) is 17.1 Å². The zero-order chi connectivity index (χ0) is 31.9. The van der Waals surface area contributed by atoms with Gasteiger partial charge in [-0.05, 0) is 63.5 Å². The lowest BCUT2D eigenvalue weighted by atomic mass is 9.87. The topological polar surface area (TPSA) is 3.24 Å². The minimum absolute atomic E-state index is 1.13. The number of benzene rings is 8. The van der Waals surface area contributed by atoms with Crippen molar-refractivity contribution < 1.29 is 0 Å². The summed E-state index contributed by atoms with van der Waals surface area (Å²) in [6.07, 6.45) is 0. The van der Waals surface area contributed by atoms with E-state index in [0.29, 0.717) is 0 Å². The molecule has 0 aliphatic carbocycles. The average molecular weight is 630 g/mol. The van der Waals surface area contributed by atoms with Crippen LogP contribution >= 0.6 is 11.3 Å². The lowest BCUT2D eigenvalue weighted by Crippen LogP contribution is -2.12. The van der Waals surface area contributed by atoms with Gasteiger partial charge in [-0.15, -0.1) is 11.3 Å². The number of nitrogens with zero attached hydrogens (tertiary/aromatic N) is 1. The van der Waals surface area contributed by atoms with Crippen molar-refractivity contribution in [3.05, 3.63) is 188 Å². The molecule has 0 unspecified atom stereocenters. The van der Waals surface area contributed by atoms with Gasteiger partial charge in [0, 0.05) is 36.8 Å². The number of anilines is 3. The standard InChI is InChI=1S/C46H31NS/c1-3-15-32(16-4-1)36-21-9-10-24-41(36)46-38(34-17-5-2-6-18-34)25-14-27-43(46)47(42-26-13-20-33-19-7-8-22-37(33)42)35-29-30-40-39-23-11-12-28-44(39)48-45(40)31-35/h1-31H. The number of thiophene rings is 1. The van der Waals surface area contributed by atoms with E-state index in [2.05, 4.69) is 193 Å². The van der Waals surface area contributed by atoms with Crippen LogP contribution in [0.15, 0.2) is 188 Å². The van der Waals surface area contributed by atoms with Gasteiger partial charge < -0.3 is 4.90 Å². The van der Waals surface area contributed by atoms with E-state index in [0.717, 1.165) is 17.1 Å². The monoisotopic (exact) mass is 629 g/mol. The fraction of sp³-hybridized carbons (Fsp3) is 0. The molecule has 9 aromatic rings. The smallest absolute Gasteiger partial charge is 0.0546 e. The molecule has 1 heterocycles. The van der Waals surface area contributed by atoms with Crippen molar-refractivity contribution in [2.24, 2.45) is 0 Å². The molecule has 0 aliphatic rings. The van der Waals surface area contributed by atoms with Gasteiger partial charge in [0.05, 0.1) is 11.4 Å². The summed E-state index contributed by atoms with van der Waals surface area (Å²) in [7, 11) is 0. The molecule has 0 saturated heterocycles. The minimum Gasteiger partial charge on any atom is -0.309 e. The van der Waals surface area contributed by atoms with Crippen LogP contribution in [0.5, 0.6) is 0 Å². The second kappa shape index (κ2) is 12.0. The summed E-state index contributed by atoms with van der Waals surface area (Å²) < 4.78 is 2.59. The predicted molar refractivity (Wildman–Crippen MR) is 208 cm³/mol. The highest BCUT2D eigenvalue weighted by molar-refractivity contribution is 7.25. The van der Waals surface area contributed by atoms with Gasteiger partial charge >= 0.3 is 0 Å². The van der Waals surface area contributed by atoms with Gasteiger partial charge in [-0.1, -0.05) is 158 Å². The van der Waals surface area contributed by atoms with Crippen LogP contribution in [0.2, 0.25) is 0 Å². The largest absolute Gasteiger partial charge is 0.309 e. The van der Waals surface area contributed by atoms with Gasteiger partial charge in [0.2, 0.25) is 0 Å². The molecule has 0 N–H and O–H groups in total. The molecule has 0 bridgehead atoms. The molecule has 1 nitrogen and oxygen atoms in total. The Hall–Kier alpha value is -5.96. The highest BCUT2D eigenvalue weighted by Gasteiger charge is 2.24. The Morgan fingerprint density at radius 2 is 0.917 bits per heavy atom. The van der Waals surface area contributed by atoms with Crippen molar-refractivity contribution >= 4 is 59.3 Å². The zero-order valence-corrected chi connectivity index (χ0v) is 27.1. The maximum atomic E-state index is 2.48. The van der Waals surface area contributed by atoms with E-state index in [4.69, 9.17) is 0 Å². The Kier molecular flexibility index (Phi) is 7.07. The second-order valence-corrected chi connectivity index (χ2v) is 13.2. The van der Waals surface area contributed by atoms with E-state index in [1.807, 2.05) is 11.3 Å². The van der Waals surface area contributed by atoms with Crippen LogP contribution in [0.3, 0.4) is 0 Å². The van der Waals surface area contributed by atoms with Gasteiger partial charge in [-0.25, -0.2) is 0 Å². The molecule has 0 fully saturated rings. The van der Waals surface area contributed by atoms with Crippen molar-refractivity contribution in [2.45, 2.75) is 0 Å². The van der Waals surface area contributed by atoms with E-state index in [-0.39, 0.29) is 0 Å². The average Bonchev–Trinajstić information content (AvgIpc) is 3.54. The molecule has 0 saturated carbocycles. The van der Waals surface area contributed by atoms with Gasteiger partial charge in [0.25, 0.3) is 0 Å². The van der Waals surface area contributed by atoms with Crippen molar-refractivity contribution in [1.29, 1.82) is 0 Å². The fourth-order valence-corrected chi connectivity index (χ4v) is 8.24. The Morgan fingerprint density at radius 1 is 0.354 bits per heavy atom. The second-order valence-electron chi connectivity index (χ2n) is 12.1. The third-order valence-corrected chi connectivity index (χ3v) is 10.4. The van der Waals surface area contributed by atoms with Crippen molar-refractivity contribution in [1.82, 2.24) is 0 Å². The lowest BCUT2D eigenvalue weighted by Gasteiger charge is -2.31. The van der Waals surface area contributed by atoms with Crippen LogP contribution in [0.1, 0.15) is 0 Å². The molecule has 0 radical (unpaired) electrons. The van der Waals surface area contributed by atoms with Crippen molar-refractivity contribution in [3.63, 3.8) is 0 Å². The zero-order valence-electron chi connectivity index (χ0n) is 26.3. The number of hydrogen-bond donors (Lipinski definition) is 0. The molecule has 48 heavy (non-hydrogen) atoms. The molecule has 0 atom stereocenters. The molecule has 1 aromatic heterocycles. The van der Waals surface area contributed by atoms with E-state index in [1.54, 1.807) is 0 Å². The summed E-state index contributed by atoms with van der Waals surface area (Å²) in [6.45, 7) is 0. The Morgan fingerprint density at radius 3 is 1.73 bits per heavy atom. The van der Waals surface area contributed by atoms with E-state index in [1.165, 1.54) is 64.3 Å². The Bertz CT molecular complexity index is 2560. The van der Waals surface area contributed by atoms with Crippen LogP contribution in [0, 0.1) is 0 Å². The molecule has 9 rings (SSSR count). The summed E-state index contributed by atoms with van der Waals surface area (Å²) in [6, 6.07) is 68.2. The molecule has 0 aliphatic heterocycles. The number of fused-ring (bicyclic) bond motifs is 4. The highest BCUT2D eigenvalue weighted by Crippen LogP contribution is 2.50. The third-order valence-electron chi connectivity index (χ3n) is 9.28. The van der Waals surface area contributed by atoms with E-state index < -0.39 is 0 Å². The maximum absolute atomic E-state index is 2.48. The van der Waals surface area contributed by atoms with Gasteiger partial charge in [0.15, 0.2) is 0 Å². The van der Waals surface area contributed by atoms with E-state index >= 15 is 0 Å². The van der Waals surface area contributed by atoms with Crippen molar-refractivity contribution in [3.8, 4) is 33.4 Å². The number of hydrogen-bond acceptors (Lipinski definition) is 2. The van der Waals surface area contributed by atoms with Crippen LogP contribution in [0.25, 0.3) is 64.3 Å². The van der Waals surface area contributed by atoms with Gasteiger partial charge in [-0.3, -0.25) is 0 Å². The third kappa shape index (κ3) is 4.86. The first-order valence-corrected chi connectivity index (χ1v) is 17.2. The Labute approximate surface area is 284 Å². The fourth-order valence-electron chi connectivity index (χ4n) is 7.10. The first-order chi connectivity index (χ1) is 23.8. The van der Waals surface area contributed by atoms with Crippen LogP contribution < -0.4 is 4.90 Å². The summed E-state index contributed by atoms with van der Waals surface area (Å²) >= 11 is 1.86. The van der Waals surface area contributed by atoms with Crippen molar-refractivity contribution in [2.75, 3.05) is 4.90 Å². The molecule has 0 amide bonds. The Balaban J connectivity index is 1.39. The quantitative estimate of drug-likeness (QED) is 0.177. The van der Waals surface area contributed by atoms with Crippen LogP contribution in [-0.2, 0) is 0 Å². The molecule has 8 aromatic carbocycles. The molecular formula is C46H31NS. The van der Waals surface area contributed by atoms with Gasteiger partial charge in [0.1, 0.15) is 0 Å². The summed E-state index contributed by atoms with van der Waals surface area (Å²) in [5, 5.41) is 5.03. The number of rotatable bonds is 6. The minimum atomic E-state index is 1.13. The maximum Gasteiger partial charge on any atom is 0.0546 e. The highest BCUT2D eigenvalue weighted by atomic mass is 32.1. The SMILES string of the molecule is c1ccc(-c2ccccc2-c2c(-c3ccccc3)cccc2N(c2ccc3c(c2)sc2ccccc23)c2cccc3ccccc23)cc1. The first kappa shape index (κ1) is 28.3. The summed E-state index contributed by atoms with van der Waals surface area (Å²) in [4.78, 5) is 2.48. The van der Waals surface area contributed by atoms with Crippen LogP contribution in [-0.4, -0.2) is 0 Å². The molecule has 2 heteroatoms. The molecular weight excluding hydrogens is 599 g/mol. The summed E-state index contributed by atoms with van der Waals surface area (Å²) in [5.74, 6) is 0. The molecule has 0 spiro atoms. The normalized spacial score (nSPS) is 11.3. The van der Waals surface area contributed by atoms with E-state index in [9.17, 15) is 0 Å². The predicted octanol–water partition coefficient (Wildman–Crippen LogP) is 13.7. The first-order valence-electron chi connectivity index (χ1n) is 16.4. The molecule has 226 valence electrons. The lowest BCUT2D eigenvalue weighted by molar-refractivity contribution is 1.30.